The summed E-state index contributed by atoms with van der Waals surface area (Å²) in [5.41, 5.74) is 4.40. The molecule has 0 radical (unpaired) electrons. The highest BCUT2D eigenvalue weighted by molar-refractivity contribution is 6.31. The lowest BCUT2D eigenvalue weighted by atomic mass is 9.98. The second-order valence-electron chi connectivity index (χ2n) is 5.34. The molecule has 0 aromatic heterocycles. The molecule has 3 rings (SSSR count). The average molecular weight is 291 g/mol. The first-order valence-corrected chi connectivity index (χ1v) is 7.25. The van der Waals surface area contributed by atoms with Crippen molar-refractivity contribution in [3.05, 3.63) is 69.5 Å². The number of halogens is 2. The zero-order valence-electron chi connectivity index (χ0n) is 11.1. The number of benzene rings is 2. The van der Waals surface area contributed by atoms with Crippen molar-refractivity contribution in [2.75, 3.05) is 0 Å². The highest BCUT2D eigenvalue weighted by atomic mass is 35.5. The summed E-state index contributed by atoms with van der Waals surface area (Å²) in [5, 5.41) is 10.7. The number of aliphatic hydroxyl groups excluding tert-OH is 1. The summed E-state index contributed by atoms with van der Waals surface area (Å²) >= 11 is 6.00. The highest BCUT2D eigenvalue weighted by Crippen LogP contribution is 2.28. The number of hydrogen-bond donors (Lipinski definition) is 1. The van der Waals surface area contributed by atoms with E-state index in [1.165, 1.54) is 29.7 Å². The molecule has 2 aromatic carbocycles. The van der Waals surface area contributed by atoms with Gasteiger partial charge in [0, 0.05) is 11.4 Å². The molecular weight excluding hydrogens is 275 g/mol. The van der Waals surface area contributed by atoms with E-state index < -0.39 is 6.10 Å². The van der Waals surface area contributed by atoms with Crippen molar-refractivity contribution in [2.45, 2.75) is 31.8 Å². The molecule has 2 aromatic rings. The smallest absolute Gasteiger partial charge is 0.124 e. The van der Waals surface area contributed by atoms with Crippen LogP contribution in [0.25, 0.3) is 0 Å². The molecule has 0 spiro atoms. The minimum absolute atomic E-state index is 0.356. The fourth-order valence-electron chi connectivity index (χ4n) is 2.81. The number of aliphatic hydroxyl groups is 1. The molecule has 1 nitrogen and oxygen atoms in total. The fourth-order valence-corrected chi connectivity index (χ4v) is 3.06. The van der Waals surface area contributed by atoms with E-state index >= 15 is 0 Å². The Morgan fingerprint density at radius 2 is 1.90 bits per heavy atom. The van der Waals surface area contributed by atoms with E-state index in [1.54, 1.807) is 6.07 Å². The van der Waals surface area contributed by atoms with Crippen LogP contribution in [0.3, 0.4) is 0 Å². The van der Waals surface area contributed by atoms with Crippen molar-refractivity contribution in [1.82, 2.24) is 0 Å². The predicted octanol–water partition coefficient (Wildman–Crippen LogP) is 4.24. The molecule has 104 valence electrons. The lowest BCUT2D eigenvalue weighted by Gasteiger charge is -2.14. The number of fused-ring (bicyclic) bond motifs is 1. The standard InChI is InChI=1S/C17H16ClFO/c18-16-10-15(19)7-6-13(16)9-17(20)14-5-4-11-2-1-3-12(11)8-14/h4-8,10,17,20H,1-3,9H2. The summed E-state index contributed by atoms with van der Waals surface area (Å²) in [6, 6.07) is 10.5. The zero-order valence-corrected chi connectivity index (χ0v) is 11.8. The van der Waals surface area contributed by atoms with Gasteiger partial charge < -0.3 is 5.11 Å². The molecule has 20 heavy (non-hydrogen) atoms. The predicted molar refractivity (Wildman–Crippen MR) is 78.5 cm³/mol. The number of aryl methyl sites for hydroxylation is 2. The van der Waals surface area contributed by atoms with E-state index in [1.807, 2.05) is 6.07 Å². The largest absolute Gasteiger partial charge is 0.388 e. The third-order valence-corrected chi connectivity index (χ3v) is 4.29. The summed E-state index contributed by atoms with van der Waals surface area (Å²) < 4.78 is 13.0. The Morgan fingerprint density at radius 3 is 2.70 bits per heavy atom. The molecular formula is C17H16ClFO. The maximum absolute atomic E-state index is 13.0. The molecule has 0 amide bonds. The quantitative estimate of drug-likeness (QED) is 0.896. The van der Waals surface area contributed by atoms with Crippen LogP contribution < -0.4 is 0 Å². The number of rotatable bonds is 3. The zero-order chi connectivity index (χ0) is 14.1. The molecule has 0 fully saturated rings. The first kappa shape index (κ1) is 13.6. The van der Waals surface area contributed by atoms with Gasteiger partial charge in [-0.15, -0.1) is 0 Å². The highest BCUT2D eigenvalue weighted by Gasteiger charge is 2.16. The van der Waals surface area contributed by atoms with Crippen molar-refractivity contribution in [1.29, 1.82) is 0 Å². The normalized spacial score (nSPS) is 15.2. The van der Waals surface area contributed by atoms with Crippen LogP contribution in [0.1, 0.15) is 34.8 Å². The lowest BCUT2D eigenvalue weighted by Crippen LogP contribution is -2.03. The van der Waals surface area contributed by atoms with Gasteiger partial charge in [0.25, 0.3) is 0 Å². The Morgan fingerprint density at radius 1 is 1.10 bits per heavy atom. The van der Waals surface area contributed by atoms with Gasteiger partial charge in [-0.3, -0.25) is 0 Å². The Hall–Kier alpha value is -1.38. The van der Waals surface area contributed by atoms with Crippen LogP contribution in [0.5, 0.6) is 0 Å². The van der Waals surface area contributed by atoms with Crippen molar-refractivity contribution in [2.24, 2.45) is 0 Å². The topological polar surface area (TPSA) is 20.2 Å². The van der Waals surface area contributed by atoms with Gasteiger partial charge in [0.1, 0.15) is 5.82 Å². The van der Waals surface area contributed by atoms with Gasteiger partial charge in [0.2, 0.25) is 0 Å². The lowest BCUT2D eigenvalue weighted by molar-refractivity contribution is 0.178. The Balaban J connectivity index is 1.80. The van der Waals surface area contributed by atoms with Crippen molar-refractivity contribution in [3.8, 4) is 0 Å². The Labute approximate surface area is 123 Å². The van der Waals surface area contributed by atoms with Gasteiger partial charge in [-0.05, 0) is 53.6 Å². The van der Waals surface area contributed by atoms with Gasteiger partial charge in [-0.25, -0.2) is 4.39 Å². The van der Waals surface area contributed by atoms with E-state index in [2.05, 4.69) is 12.1 Å². The summed E-state index contributed by atoms with van der Waals surface area (Å²) in [4.78, 5) is 0. The summed E-state index contributed by atoms with van der Waals surface area (Å²) in [6.07, 6.45) is 3.21. The summed E-state index contributed by atoms with van der Waals surface area (Å²) in [7, 11) is 0. The third kappa shape index (κ3) is 2.72. The molecule has 1 aliphatic carbocycles. The van der Waals surface area contributed by atoms with Crippen LogP contribution in [0, 0.1) is 5.82 Å². The Kier molecular flexibility index (Phi) is 3.77. The van der Waals surface area contributed by atoms with E-state index in [0.29, 0.717) is 11.4 Å². The second kappa shape index (κ2) is 5.55. The van der Waals surface area contributed by atoms with Crippen LogP contribution >= 0.6 is 11.6 Å². The first-order chi connectivity index (χ1) is 9.63. The van der Waals surface area contributed by atoms with Crippen molar-refractivity contribution < 1.29 is 9.50 Å². The first-order valence-electron chi connectivity index (χ1n) is 6.87. The average Bonchev–Trinajstić information content (AvgIpc) is 2.89. The molecule has 1 aliphatic rings. The van der Waals surface area contributed by atoms with E-state index in [9.17, 15) is 9.50 Å². The number of hydrogen-bond acceptors (Lipinski definition) is 1. The fraction of sp³-hybridized carbons (Fsp3) is 0.294. The SMILES string of the molecule is OC(Cc1ccc(F)cc1Cl)c1ccc2c(c1)CCC2. The molecule has 0 aliphatic heterocycles. The summed E-state index contributed by atoms with van der Waals surface area (Å²) in [6.45, 7) is 0. The van der Waals surface area contributed by atoms with Crippen LogP contribution in [-0.2, 0) is 19.3 Å². The van der Waals surface area contributed by atoms with Crippen LogP contribution in [0.15, 0.2) is 36.4 Å². The maximum atomic E-state index is 13.0. The second-order valence-corrected chi connectivity index (χ2v) is 5.74. The van der Waals surface area contributed by atoms with E-state index in [-0.39, 0.29) is 5.82 Å². The molecule has 1 N–H and O–H groups in total. The van der Waals surface area contributed by atoms with Gasteiger partial charge in [-0.1, -0.05) is 35.9 Å². The van der Waals surface area contributed by atoms with E-state index in [4.69, 9.17) is 11.6 Å². The molecule has 1 unspecified atom stereocenters. The molecule has 3 heteroatoms. The van der Waals surface area contributed by atoms with Crippen LogP contribution in [0.4, 0.5) is 4.39 Å². The van der Waals surface area contributed by atoms with Gasteiger partial charge in [-0.2, -0.15) is 0 Å². The molecule has 0 bridgehead atoms. The molecule has 0 saturated carbocycles. The Bertz CT molecular complexity index is 639. The minimum atomic E-state index is -0.608. The van der Waals surface area contributed by atoms with Crippen molar-refractivity contribution >= 4 is 11.6 Å². The van der Waals surface area contributed by atoms with Gasteiger partial charge >= 0.3 is 0 Å². The molecule has 0 saturated heterocycles. The monoisotopic (exact) mass is 290 g/mol. The molecule has 1 atom stereocenters. The van der Waals surface area contributed by atoms with E-state index in [0.717, 1.165) is 24.0 Å². The minimum Gasteiger partial charge on any atom is -0.388 e. The van der Waals surface area contributed by atoms with Gasteiger partial charge in [0.05, 0.1) is 6.10 Å². The van der Waals surface area contributed by atoms with Crippen LogP contribution in [0.2, 0.25) is 5.02 Å². The summed E-state index contributed by atoms with van der Waals surface area (Å²) in [5.74, 6) is -0.356. The molecule has 0 heterocycles. The maximum Gasteiger partial charge on any atom is 0.124 e. The van der Waals surface area contributed by atoms with Gasteiger partial charge in [0.15, 0.2) is 0 Å². The van der Waals surface area contributed by atoms with Crippen LogP contribution in [-0.4, -0.2) is 5.11 Å². The van der Waals surface area contributed by atoms with Crippen molar-refractivity contribution in [3.63, 3.8) is 0 Å². The third-order valence-electron chi connectivity index (χ3n) is 3.94.